The van der Waals surface area contributed by atoms with Gasteiger partial charge in [0.2, 0.25) is 5.91 Å². The quantitative estimate of drug-likeness (QED) is 0.565. The number of piperidine rings is 1. The van der Waals surface area contributed by atoms with Crippen molar-refractivity contribution in [1.29, 1.82) is 0 Å². The lowest BCUT2D eigenvalue weighted by Gasteiger charge is -2.32. The van der Waals surface area contributed by atoms with Gasteiger partial charge in [0.1, 0.15) is 0 Å². The lowest BCUT2D eigenvalue weighted by atomic mass is 9.90. The molecule has 1 amide bonds. The van der Waals surface area contributed by atoms with Crippen molar-refractivity contribution < 1.29 is 4.79 Å². The van der Waals surface area contributed by atoms with Crippen molar-refractivity contribution >= 4 is 11.9 Å². The summed E-state index contributed by atoms with van der Waals surface area (Å²) in [4.78, 5) is 18.8. The first-order valence-corrected chi connectivity index (χ1v) is 10.7. The lowest BCUT2D eigenvalue weighted by Crippen LogP contribution is -2.46. The summed E-state index contributed by atoms with van der Waals surface area (Å²) in [5.41, 5.74) is 4.68. The Bertz CT molecular complexity index is 865. The first-order chi connectivity index (χ1) is 14.5. The third kappa shape index (κ3) is 5.62. The molecule has 0 spiro atoms. The van der Waals surface area contributed by atoms with Crippen molar-refractivity contribution in [2.45, 2.75) is 39.7 Å². The highest BCUT2D eigenvalue weighted by atomic mass is 16.2. The second-order valence-electron chi connectivity index (χ2n) is 8.07. The Labute approximate surface area is 179 Å². The summed E-state index contributed by atoms with van der Waals surface area (Å²) in [5.74, 6) is 1.42. The summed E-state index contributed by atoms with van der Waals surface area (Å²) in [6, 6.07) is 10.6. The number of aryl methyl sites for hydroxylation is 2. The summed E-state index contributed by atoms with van der Waals surface area (Å²) in [6.45, 7) is 6.61. The standard InChI is InChI=1S/C23H34N6O/c1-17-21(18(2)28(4)27-17)15-25-23(24-3)26-16-22(30)29-12-10-20(11-13-29)14-19-8-6-5-7-9-19/h5-9,20H,10-16H2,1-4H3,(H2,24,25,26). The number of nitrogens with one attached hydrogen (secondary N) is 2. The third-order valence-corrected chi connectivity index (χ3v) is 6.06. The number of carbonyl (C=O) groups is 1. The van der Waals surface area contributed by atoms with Gasteiger partial charge in [0.25, 0.3) is 0 Å². The van der Waals surface area contributed by atoms with E-state index in [-0.39, 0.29) is 12.5 Å². The number of hydrogen-bond donors (Lipinski definition) is 2. The van der Waals surface area contributed by atoms with Crippen LogP contribution in [-0.4, -0.2) is 53.2 Å². The fraction of sp³-hybridized carbons (Fsp3) is 0.522. The van der Waals surface area contributed by atoms with E-state index in [4.69, 9.17) is 0 Å². The van der Waals surface area contributed by atoms with Gasteiger partial charge < -0.3 is 15.5 Å². The summed E-state index contributed by atoms with van der Waals surface area (Å²) in [7, 11) is 3.67. The number of amides is 1. The predicted molar refractivity (Wildman–Crippen MR) is 120 cm³/mol. The highest BCUT2D eigenvalue weighted by Crippen LogP contribution is 2.21. The summed E-state index contributed by atoms with van der Waals surface area (Å²) in [5, 5.41) is 10.9. The van der Waals surface area contributed by atoms with Gasteiger partial charge in [-0.3, -0.25) is 14.5 Å². The second kappa shape index (κ2) is 10.3. The van der Waals surface area contributed by atoms with Crippen LogP contribution in [0.5, 0.6) is 0 Å². The van der Waals surface area contributed by atoms with E-state index in [0.717, 1.165) is 49.3 Å². The molecule has 30 heavy (non-hydrogen) atoms. The molecule has 0 radical (unpaired) electrons. The van der Waals surface area contributed by atoms with Gasteiger partial charge in [-0.1, -0.05) is 30.3 Å². The van der Waals surface area contributed by atoms with Crippen molar-refractivity contribution in [1.82, 2.24) is 25.3 Å². The van der Waals surface area contributed by atoms with E-state index >= 15 is 0 Å². The van der Waals surface area contributed by atoms with Crippen LogP contribution in [0.15, 0.2) is 35.3 Å². The molecule has 2 heterocycles. The zero-order valence-electron chi connectivity index (χ0n) is 18.6. The van der Waals surface area contributed by atoms with E-state index in [1.165, 1.54) is 5.56 Å². The van der Waals surface area contributed by atoms with E-state index in [9.17, 15) is 4.79 Å². The molecule has 7 nitrogen and oxygen atoms in total. The molecule has 1 fully saturated rings. The minimum atomic E-state index is 0.129. The molecule has 3 rings (SSSR count). The number of hydrogen-bond acceptors (Lipinski definition) is 3. The number of benzene rings is 1. The number of nitrogens with zero attached hydrogens (tertiary/aromatic N) is 4. The molecule has 0 saturated carbocycles. The van der Waals surface area contributed by atoms with Crippen LogP contribution in [0.25, 0.3) is 0 Å². The van der Waals surface area contributed by atoms with E-state index in [2.05, 4.69) is 58.0 Å². The third-order valence-electron chi connectivity index (χ3n) is 6.06. The van der Waals surface area contributed by atoms with Crippen LogP contribution in [0.4, 0.5) is 0 Å². The van der Waals surface area contributed by atoms with Gasteiger partial charge in [0.05, 0.1) is 12.2 Å². The number of carbonyl (C=O) groups excluding carboxylic acids is 1. The average molecular weight is 411 g/mol. The first kappa shape index (κ1) is 21.9. The minimum absolute atomic E-state index is 0.129. The molecule has 1 saturated heterocycles. The van der Waals surface area contributed by atoms with Gasteiger partial charge in [0, 0.05) is 45.0 Å². The number of aromatic nitrogens is 2. The Kier molecular flexibility index (Phi) is 7.49. The number of guanidine groups is 1. The molecule has 1 aromatic heterocycles. The molecule has 2 aromatic rings. The molecule has 2 N–H and O–H groups in total. The monoisotopic (exact) mass is 410 g/mol. The van der Waals surface area contributed by atoms with Crippen LogP contribution in [0.1, 0.15) is 35.4 Å². The van der Waals surface area contributed by atoms with Gasteiger partial charge in [-0.15, -0.1) is 0 Å². The van der Waals surface area contributed by atoms with E-state index in [1.54, 1.807) is 7.05 Å². The molecule has 1 aromatic carbocycles. The fourth-order valence-electron chi connectivity index (χ4n) is 4.07. The molecular formula is C23H34N6O. The molecular weight excluding hydrogens is 376 g/mol. The molecule has 0 unspecified atom stereocenters. The second-order valence-corrected chi connectivity index (χ2v) is 8.07. The predicted octanol–water partition coefficient (Wildman–Crippen LogP) is 2.18. The number of rotatable bonds is 6. The highest BCUT2D eigenvalue weighted by molar-refractivity contribution is 5.86. The Balaban J connectivity index is 1.41. The zero-order valence-corrected chi connectivity index (χ0v) is 18.6. The van der Waals surface area contributed by atoms with Gasteiger partial charge >= 0.3 is 0 Å². The van der Waals surface area contributed by atoms with Gasteiger partial charge in [-0.05, 0) is 44.6 Å². The molecule has 162 valence electrons. The van der Waals surface area contributed by atoms with Crippen LogP contribution in [0, 0.1) is 19.8 Å². The maximum Gasteiger partial charge on any atom is 0.241 e. The van der Waals surface area contributed by atoms with Crippen molar-refractivity contribution in [2.75, 3.05) is 26.7 Å². The Hall–Kier alpha value is -2.83. The average Bonchev–Trinajstić information content (AvgIpc) is 3.00. The summed E-state index contributed by atoms with van der Waals surface area (Å²) < 4.78 is 1.88. The Morgan fingerprint density at radius 1 is 1.17 bits per heavy atom. The molecule has 0 bridgehead atoms. The minimum Gasteiger partial charge on any atom is -0.352 e. The van der Waals surface area contributed by atoms with Crippen LogP contribution in [0.3, 0.4) is 0 Å². The van der Waals surface area contributed by atoms with E-state index < -0.39 is 0 Å². The van der Waals surface area contributed by atoms with Gasteiger partial charge in [-0.25, -0.2) is 0 Å². The van der Waals surface area contributed by atoms with E-state index in [0.29, 0.717) is 18.4 Å². The Morgan fingerprint density at radius 2 is 1.87 bits per heavy atom. The summed E-state index contributed by atoms with van der Waals surface area (Å²) in [6.07, 6.45) is 3.23. The number of likely N-dealkylation sites (tertiary alicyclic amines) is 1. The SMILES string of the molecule is CN=C(NCC(=O)N1CCC(Cc2ccccc2)CC1)NCc1c(C)nn(C)c1C. The number of aliphatic imine (C=N–C) groups is 1. The summed E-state index contributed by atoms with van der Waals surface area (Å²) >= 11 is 0. The first-order valence-electron chi connectivity index (χ1n) is 10.7. The molecule has 7 heteroatoms. The van der Waals surface area contributed by atoms with Crippen LogP contribution < -0.4 is 10.6 Å². The zero-order chi connectivity index (χ0) is 21.5. The van der Waals surface area contributed by atoms with Crippen LogP contribution >= 0.6 is 0 Å². The smallest absolute Gasteiger partial charge is 0.241 e. The largest absolute Gasteiger partial charge is 0.352 e. The maximum atomic E-state index is 12.6. The van der Waals surface area contributed by atoms with Gasteiger partial charge in [0.15, 0.2) is 5.96 Å². The highest BCUT2D eigenvalue weighted by Gasteiger charge is 2.23. The van der Waals surface area contributed by atoms with Gasteiger partial charge in [-0.2, -0.15) is 5.10 Å². The maximum absolute atomic E-state index is 12.6. The molecule has 0 atom stereocenters. The molecule has 0 aliphatic carbocycles. The van der Waals surface area contributed by atoms with E-state index in [1.807, 2.05) is 23.6 Å². The van der Waals surface area contributed by atoms with Crippen molar-refractivity contribution in [2.24, 2.45) is 18.0 Å². The molecule has 1 aliphatic heterocycles. The van der Waals surface area contributed by atoms with Crippen LogP contribution in [-0.2, 0) is 24.8 Å². The molecule has 1 aliphatic rings. The Morgan fingerprint density at radius 3 is 2.47 bits per heavy atom. The van der Waals surface area contributed by atoms with Crippen molar-refractivity contribution in [3.63, 3.8) is 0 Å². The van der Waals surface area contributed by atoms with Crippen LogP contribution in [0.2, 0.25) is 0 Å². The fourth-order valence-corrected chi connectivity index (χ4v) is 4.07. The normalized spacial score (nSPS) is 15.3. The van der Waals surface area contributed by atoms with Crippen molar-refractivity contribution in [3.8, 4) is 0 Å². The lowest BCUT2D eigenvalue weighted by molar-refractivity contribution is -0.131. The van der Waals surface area contributed by atoms with Crippen molar-refractivity contribution in [3.05, 3.63) is 52.8 Å². The topological polar surface area (TPSA) is 74.6 Å².